The van der Waals surface area contributed by atoms with E-state index >= 15 is 0 Å². The van der Waals surface area contributed by atoms with Crippen molar-refractivity contribution in [3.05, 3.63) is 12.2 Å². The van der Waals surface area contributed by atoms with Crippen molar-refractivity contribution in [2.75, 3.05) is 25.1 Å². The van der Waals surface area contributed by atoms with Crippen LogP contribution in [-0.2, 0) is 16.3 Å². The molecule has 0 aromatic carbocycles. The summed E-state index contributed by atoms with van der Waals surface area (Å²) >= 11 is 0. The van der Waals surface area contributed by atoms with Gasteiger partial charge in [-0.05, 0) is 13.0 Å². The van der Waals surface area contributed by atoms with Crippen LogP contribution in [0.1, 0.15) is 12.2 Å². The molecule has 0 radical (unpaired) electrons. The molecule has 0 saturated heterocycles. The predicted octanol–water partition coefficient (Wildman–Crippen LogP) is -0.364. The molecule has 86 valence electrons. The van der Waals surface area contributed by atoms with Crippen molar-refractivity contribution in [3.63, 3.8) is 0 Å². The third-order valence-corrected chi connectivity index (χ3v) is 2.83. The van der Waals surface area contributed by atoms with Crippen molar-refractivity contribution in [3.8, 4) is 0 Å². The van der Waals surface area contributed by atoms with Gasteiger partial charge in [-0.1, -0.05) is 5.16 Å². The quantitative estimate of drug-likeness (QED) is 0.647. The molecule has 1 aromatic rings. The van der Waals surface area contributed by atoms with Crippen LogP contribution in [0, 0.1) is 0 Å². The molecule has 6 nitrogen and oxygen atoms in total. The number of nitrogens with one attached hydrogen (secondary N) is 1. The number of hydrogen-bond donors (Lipinski definition) is 1. The SMILES string of the molecule is CS(=O)(=O)CCCNCCc1ncon1. The van der Waals surface area contributed by atoms with E-state index in [1.54, 1.807) is 0 Å². The van der Waals surface area contributed by atoms with Gasteiger partial charge in [0.1, 0.15) is 9.84 Å². The smallest absolute Gasteiger partial charge is 0.213 e. The second kappa shape index (κ2) is 5.82. The Morgan fingerprint density at radius 3 is 2.87 bits per heavy atom. The van der Waals surface area contributed by atoms with E-state index in [2.05, 4.69) is 20.0 Å². The lowest BCUT2D eigenvalue weighted by molar-refractivity contribution is 0.409. The molecule has 1 rings (SSSR count). The summed E-state index contributed by atoms with van der Waals surface area (Å²) in [4.78, 5) is 3.86. The Morgan fingerprint density at radius 2 is 2.27 bits per heavy atom. The Balaban J connectivity index is 1.99. The summed E-state index contributed by atoms with van der Waals surface area (Å²) < 4.78 is 26.2. The van der Waals surface area contributed by atoms with Gasteiger partial charge < -0.3 is 9.84 Å². The molecular weight excluding hydrogens is 218 g/mol. The third kappa shape index (κ3) is 6.19. The second-order valence-corrected chi connectivity index (χ2v) is 5.59. The van der Waals surface area contributed by atoms with Crippen LogP contribution < -0.4 is 5.32 Å². The van der Waals surface area contributed by atoms with Crippen molar-refractivity contribution < 1.29 is 12.9 Å². The van der Waals surface area contributed by atoms with Crippen LogP contribution in [0.3, 0.4) is 0 Å². The number of rotatable bonds is 7. The standard InChI is InChI=1S/C8H15N3O3S/c1-15(12,13)6-2-4-9-5-3-8-10-7-14-11-8/h7,9H,2-6H2,1H3. The summed E-state index contributed by atoms with van der Waals surface area (Å²) in [5.41, 5.74) is 0. The molecule has 1 aromatic heterocycles. The van der Waals surface area contributed by atoms with Crippen LogP contribution >= 0.6 is 0 Å². The van der Waals surface area contributed by atoms with E-state index in [-0.39, 0.29) is 5.75 Å². The first-order chi connectivity index (χ1) is 7.08. The van der Waals surface area contributed by atoms with Crippen LogP contribution in [0.4, 0.5) is 0 Å². The highest BCUT2D eigenvalue weighted by Gasteiger charge is 2.01. The predicted molar refractivity (Wildman–Crippen MR) is 55.2 cm³/mol. The Bertz CT molecular complexity index is 360. The summed E-state index contributed by atoms with van der Waals surface area (Å²) in [6.45, 7) is 1.41. The Kier molecular flexibility index (Phi) is 4.70. The normalized spacial score (nSPS) is 11.8. The van der Waals surface area contributed by atoms with E-state index in [1.165, 1.54) is 12.6 Å². The van der Waals surface area contributed by atoms with E-state index < -0.39 is 9.84 Å². The van der Waals surface area contributed by atoms with Gasteiger partial charge in [0.15, 0.2) is 5.82 Å². The van der Waals surface area contributed by atoms with Crippen molar-refractivity contribution >= 4 is 9.84 Å². The zero-order valence-electron chi connectivity index (χ0n) is 8.64. The number of sulfone groups is 1. The first kappa shape index (κ1) is 12.1. The Morgan fingerprint density at radius 1 is 1.47 bits per heavy atom. The summed E-state index contributed by atoms with van der Waals surface area (Å²) in [6, 6.07) is 0. The minimum atomic E-state index is -2.83. The van der Waals surface area contributed by atoms with Crippen LogP contribution in [0.2, 0.25) is 0 Å². The molecule has 0 spiro atoms. The molecule has 0 unspecified atom stereocenters. The zero-order valence-corrected chi connectivity index (χ0v) is 9.46. The maximum Gasteiger partial charge on any atom is 0.213 e. The van der Waals surface area contributed by atoms with Gasteiger partial charge in [0, 0.05) is 19.2 Å². The molecular formula is C8H15N3O3S. The van der Waals surface area contributed by atoms with Crippen LogP contribution in [0.5, 0.6) is 0 Å². The maximum absolute atomic E-state index is 10.8. The van der Waals surface area contributed by atoms with Gasteiger partial charge >= 0.3 is 0 Å². The van der Waals surface area contributed by atoms with Gasteiger partial charge in [-0.2, -0.15) is 4.98 Å². The van der Waals surface area contributed by atoms with Gasteiger partial charge in [0.2, 0.25) is 6.39 Å². The molecule has 0 amide bonds. The highest BCUT2D eigenvalue weighted by molar-refractivity contribution is 7.90. The molecule has 0 fully saturated rings. The highest BCUT2D eigenvalue weighted by atomic mass is 32.2. The Labute approximate surface area is 89.0 Å². The summed E-state index contributed by atoms with van der Waals surface area (Å²) in [7, 11) is -2.83. The molecule has 7 heteroatoms. The van der Waals surface area contributed by atoms with Crippen LogP contribution in [0.15, 0.2) is 10.9 Å². The highest BCUT2D eigenvalue weighted by Crippen LogP contribution is 1.89. The summed E-state index contributed by atoms with van der Waals surface area (Å²) in [6.07, 6.45) is 3.85. The average molecular weight is 233 g/mol. The van der Waals surface area contributed by atoms with Crippen molar-refractivity contribution in [2.24, 2.45) is 0 Å². The van der Waals surface area contributed by atoms with Crippen molar-refractivity contribution in [1.82, 2.24) is 15.5 Å². The summed E-state index contributed by atoms with van der Waals surface area (Å²) in [5.74, 6) is 0.882. The van der Waals surface area contributed by atoms with Crippen LogP contribution in [0.25, 0.3) is 0 Å². The lowest BCUT2D eigenvalue weighted by atomic mass is 10.4. The van der Waals surface area contributed by atoms with Gasteiger partial charge in [0.05, 0.1) is 5.75 Å². The van der Waals surface area contributed by atoms with Gasteiger partial charge in [-0.25, -0.2) is 8.42 Å². The van der Waals surface area contributed by atoms with Crippen LogP contribution in [-0.4, -0.2) is 43.7 Å². The first-order valence-electron chi connectivity index (χ1n) is 4.71. The fourth-order valence-corrected chi connectivity index (χ4v) is 1.76. The van der Waals surface area contributed by atoms with E-state index in [1.807, 2.05) is 0 Å². The molecule has 1 N–H and O–H groups in total. The fraction of sp³-hybridized carbons (Fsp3) is 0.750. The molecule has 0 bridgehead atoms. The minimum Gasteiger partial charge on any atom is -0.343 e. The van der Waals surface area contributed by atoms with Crippen molar-refractivity contribution in [1.29, 1.82) is 0 Å². The lowest BCUT2D eigenvalue weighted by Crippen LogP contribution is -2.21. The van der Waals surface area contributed by atoms with E-state index in [9.17, 15) is 8.42 Å². The molecule has 0 aliphatic rings. The second-order valence-electron chi connectivity index (χ2n) is 3.33. The number of hydrogen-bond acceptors (Lipinski definition) is 6. The fourth-order valence-electron chi connectivity index (χ4n) is 1.09. The molecule has 15 heavy (non-hydrogen) atoms. The largest absolute Gasteiger partial charge is 0.343 e. The maximum atomic E-state index is 10.8. The monoisotopic (exact) mass is 233 g/mol. The van der Waals surface area contributed by atoms with E-state index in [4.69, 9.17) is 0 Å². The molecule has 0 saturated carbocycles. The minimum absolute atomic E-state index is 0.224. The summed E-state index contributed by atoms with van der Waals surface area (Å²) in [5, 5.41) is 6.76. The molecule has 0 aliphatic carbocycles. The lowest BCUT2D eigenvalue weighted by Gasteiger charge is -2.01. The third-order valence-electron chi connectivity index (χ3n) is 1.80. The zero-order chi connectivity index (χ0) is 11.1. The first-order valence-corrected chi connectivity index (χ1v) is 6.78. The van der Waals surface area contributed by atoms with E-state index in [0.717, 1.165) is 6.54 Å². The van der Waals surface area contributed by atoms with E-state index in [0.29, 0.717) is 25.2 Å². The topological polar surface area (TPSA) is 85.1 Å². The van der Waals surface area contributed by atoms with Gasteiger partial charge in [-0.3, -0.25) is 0 Å². The molecule has 1 heterocycles. The van der Waals surface area contributed by atoms with Gasteiger partial charge in [0.25, 0.3) is 0 Å². The average Bonchev–Trinajstić information content (AvgIpc) is 2.61. The molecule has 0 aliphatic heterocycles. The van der Waals surface area contributed by atoms with Crippen molar-refractivity contribution in [2.45, 2.75) is 12.8 Å². The molecule has 0 atom stereocenters. The number of aromatic nitrogens is 2. The Hall–Kier alpha value is -0.950. The van der Waals surface area contributed by atoms with Gasteiger partial charge in [-0.15, -0.1) is 0 Å². The number of nitrogens with zero attached hydrogens (tertiary/aromatic N) is 2.